The topological polar surface area (TPSA) is 100 Å². The normalized spacial score (nSPS) is 10.6. The highest BCUT2D eigenvalue weighted by molar-refractivity contribution is 6.42. The minimum absolute atomic E-state index is 0.00680. The molecule has 0 radical (unpaired) electrons. The van der Waals surface area contributed by atoms with Crippen LogP contribution in [0.4, 0.5) is 5.69 Å². The predicted octanol–water partition coefficient (Wildman–Crippen LogP) is 3.19. The molecule has 0 saturated carbocycles. The summed E-state index contributed by atoms with van der Waals surface area (Å²) in [6.07, 6.45) is 0.938. The smallest absolute Gasteiger partial charge is 0.249 e. The van der Waals surface area contributed by atoms with Crippen molar-refractivity contribution >= 4 is 46.9 Å². The first-order chi connectivity index (χ1) is 12.4. The van der Waals surface area contributed by atoms with Gasteiger partial charge in [0.2, 0.25) is 11.8 Å². The molecule has 0 fully saturated rings. The van der Waals surface area contributed by atoms with Crippen molar-refractivity contribution in [2.45, 2.75) is 6.42 Å². The van der Waals surface area contributed by atoms with E-state index in [1.807, 2.05) is 0 Å². The zero-order chi connectivity index (χ0) is 19.1. The second kappa shape index (κ2) is 9.07. The number of halogens is 2. The van der Waals surface area contributed by atoms with Crippen LogP contribution < -0.4 is 15.5 Å². The van der Waals surface area contributed by atoms with Gasteiger partial charge in [0, 0.05) is 5.69 Å². The van der Waals surface area contributed by atoms with Crippen LogP contribution >= 0.6 is 23.2 Å². The lowest BCUT2D eigenvalue weighted by Crippen LogP contribution is -2.24. The number of hydrazone groups is 1. The van der Waals surface area contributed by atoms with E-state index >= 15 is 0 Å². The predicted molar refractivity (Wildman–Crippen MR) is 100 cm³/mol. The fourth-order valence-corrected chi connectivity index (χ4v) is 2.22. The number of amides is 2. The number of phenols is 1. The summed E-state index contributed by atoms with van der Waals surface area (Å²) >= 11 is 11.6. The number of rotatable bonds is 6. The molecule has 0 aliphatic carbocycles. The lowest BCUT2D eigenvalue weighted by Gasteiger charge is -2.06. The molecular weight excluding hydrogens is 381 g/mol. The van der Waals surface area contributed by atoms with Gasteiger partial charge < -0.3 is 15.2 Å². The maximum Gasteiger partial charge on any atom is 0.249 e. The average Bonchev–Trinajstić information content (AvgIpc) is 2.59. The molecule has 0 heterocycles. The monoisotopic (exact) mass is 395 g/mol. The van der Waals surface area contributed by atoms with Gasteiger partial charge in [0.05, 0.1) is 23.4 Å². The van der Waals surface area contributed by atoms with Crippen LogP contribution in [0, 0.1) is 0 Å². The van der Waals surface area contributed by atoms with Crippen LogP contribution in [0.3, 0.4) is 0 Å². The SMILES string of the molecule is COc1cc(C=NNC(=O)CC(=O)Nc2ccc(Cl)c(Cl)c2)ccc1O. The Kier molecular flexibility index (Phi) is 6.82. The number of methoxy groups -OCH3 is 1. The van der Waals surface area contributed by atoms with Crippen molar-refractivity contribution in [2.24, 2.45) is 5.10 Å². The highest BCUT2D eigenvalue weighted by Gasteiger charge is 2.10. The lowest BCUT2D eigenvalue weighted by atomic mass is 10.2. The second-order valence-corrected chi connectivity index (χ2v) is 5.89. The van der Waals surface area contributed by atoms with Crippen LogP contribution in [0.2, 0.25) is 10.0 Å². The molecule has 2 aromatic carbocycles. The van der Waals surface area contributed by atoms with Crippen molar-refractivity contribution in [2.75, 3.05) is 12.4 Å². The number of phenolic OH excluding ortho intramolecular Hbond substituents is 1. The molecule has 0 atom stereocenters. The molecule has 2 aromatic rings. The minimum atomic E-state index is -0.593. The average molecular weight is 396 g/mol. The van der Waals surface area contributed by atoms with E-state index in [2.05, 4.69) is 15.8 Å². The Hall–Kier alpha value is -2.77. The first-order valence-electron chi connectivity index (χ1n) is 7.33. The molecule has 0 aliphatic rings. The Labute approximate surface area is 159 Å². The third-order valence-electron chi connectivity index (χ3n) is 3.13. The van der Waals surface area contributed by atoms with E-state index in [4.69, 9.17) is 27.9 Å². The summed E-state index contributed by atoms with van der Waals surface area (Å²) in [6, 6.07) is 9.16. The van der Waals surface area contributed by atoms with Crippen molar-refractivity contribution in [3.63, 3.8) is 0 Å². The van der Waals surface area contributed by atoms with Gasteiger partial charge in [-0.2, -0.15) is 5.10 Å². The Morgan fingerprint density at radius 3 is 2.62 bits per heavy atom. The molecule has 7 nitrogen and oxygen atoms in total. The van der Waals surface area contributed by atoms with Crippen molar-refractivity contribution in [1.82, 2.24) is 5.43 Å². The summed E-state index contributed by atoms with van der Waals surface area (Å²) in [5.74, 6) is -0.846. The van der Waals surface area contributed by atoms with Crippen LogP contribution in [0.5, 0.6) is 11.5 Å². The summed E-state index contributed by atoms with van der Waals surface area (Å²) in [5, 5.41) is 16.4. The van der Waals surface area contributed by atoms with Gasteiger partial charge in [-0.05, 0) is 42.0 Å². The van der Waals surface area contributed by atoms with Gasteiger partial charge in [0.1, 0.15) is 6.42 Å². The van der Waals surface area contributed by atoms with Gasteiger partial charge in [-0.3, -0.25) is 9.59 Å². The number of nitrogens with zero attached hydrogens (tertiary/aromatic N) is 1. The first kappa shape index (κ1) is 19.6. The van der Waals surface area contributed by atoms with Gasteiger partial charge in [-0.1, -0.05) is 23.2 Å². The molecule has 9 heteroatoms. The van der Waals surface area contributed by atoms with E-state index in [0.29, 0.717) is 21.3 Å². The fourth-order valence-electron chi connectivity index (χ4n) is 1.92. The highest BCUT2D eigenvalue weighted by Crippen LogP contribution is 2.26. The van der Waals surface area contributed by atoms with Gasteiger partial charge in [-0.25, -0.2) is 5.43 Å². The molecule has 0 aliphatic heterocycles. The van der Waals surface area contributed by atoms with Gasteiger partial charge in [0.25, 0.3) is 0 Å². The summed E-state index contributed by atoms with van der Waals surface area (Å²) in [6.45, 7) is 0. The molecule has 0 bridgehead atoms. The molecule has 26 heavy (non-hydrogen) atoms. The van der Waals surface area contributed by atoms with E-state index in [1.54, 1.807) is 18.2 Å². The fraction of sp³-hybridized carbons (Fsp3) is 0.118. The standard InChI is InChI=1S/C17H15Cl2N3O4/c1-26-15-6-10(2-5-14(15)23)9-20-22-17(25)8-16(24)21-11-3-4-12(18)13(19)7-11/h2-7,9,23H,8H2,1H3,(H,21,24)(H,22,25). The number of hydrogen-bond acceptors (Lipinski definition) is 5. The molecule has 136 valence electrons. The molecule has 3 N–H and O–H groups in total. The summed E-state index contributed by atoms with van der Waals surface area (Å²) in [5.41, 5.74) is 3.26. The van der Waals surface area contributed by atoms with E-state index in [0.717, 1.165) is 0 Å². The van der Waals surface area contributed by atoms with Gasteiger partial charge in [0.15, 0.2) is 11.5 Å². The van der Waals surface area contributed by atoms with Crippen LogP contribution in [-0.4, -0.2) is 30.2 Å². The molecule has 2 rings (SSSR count). The number of hydrogen-bond donors (Lipinski definition) is 3. The summed E-state index contributed by atoms with van der Waals surface area (Å²) in [7, 11) is 1.42. The highest BCUT2D eigenvalue weighted by atomic mass is 35.5. The zero-order valence-electron chi connectivity index (χ0n) is 13.6. The Morgan fingerprint density at radius 1 is 1.15 bits per heavy atom. The van der Waals surface area contributed by atoms with Crippen LogP contribution in [0.25, 0.3) is 0 Å². The molecule has 0 spiro atoms. The quantitative estimate of drug-likeness (QED) is 0.397. The van der Waals surface area contributed by atoms with E-state index in [1.165, 1.54) is 31.5 Å². The zero-order valence-corrected chi connectivity index (χ0v) is 15.1. The van der Waals surface area contributed by atoms with Gasteiger partial charge in [-0.15, -0.1) is 0 Å². The number of anilines is 1. The molecule has 0 aromatic heterocycles. The second-order valence-electron chi connectivity index (χ2n) is 5.08. The van der Waals surface area contributed by atoms with Crippen molar-refractivity contribution in [3.05, 3.63) is 52.0 Å². The van der Waals surface area contributed by atoms with Crippen LogP contribution in [-0.2, 0) is 9.59 Å². The number of ether oxygens (including phenoxy) is 1. The number of nitrogens with one attached hydrogen (secondary N) is 2. The molecular formula is C17H15Cl2N3O4. The van der Waals surface area contributed by atoms with Crippen molar-refractivity contribution in [3.8, 4) is 11.5 Å². The maximum atomic E-state index is 11.8. The minimum Gasteiger partial charge on any atom is -0.504 e. The van der Waals surface area contributed by atoms with Gasteiger partial charge >= 0.3 is 0 Å². The summed E-state index contributed by atoms with van der Waals surface area (Å²) in [4.78, 5) is 23.6. The number of carbonyl (C=O) groups is 2. The summed E-state index contributed by atoms with van der Waals surface area (Å²) < 4.78 is 4.97. The van der Waals surface area contributed by atoms with Crippen molar-refractivity contribution < 1.29 is 19.4 Å². The number of carbonyl (C=O) groups excluding carboxylic acids is 2. The first-order valence-corrected chi connectivity index (χ1v) is 8.08. The molecule has 0 saturated heterocycles. The van der Waals surface area contributed by atoms with E-state index < -0.39 is 18.2 Å². The third-order valence-corrected chi connectivity index (χ3v) is 3.87. The van der Waals surface area contributed by atoms with Crippen molar-refractivity contribution in [1.29, 1.82) is 0 Å². The lowest BCUT2D eigenvalue weighted by molar-refractivity contribution is -0.126. The Balaban J connectivity index is 1.86. The van der Waals surface area contributed by atoms with E-state index in [-0.39, 0.29) is 11.5 Å². The number of benzene rings is 2. The third kappa shape index (κ3) is 5.65. The Bertz CT molecular complexity index is 856. The Morgan fingerprint density at radius 2 is 1.92 bits per heavy atom. The molecule has 0 unspecified atom stereocenters. The van der Waals surface area contributed by atoms with Crippen LogP contribution in [0.15, 0.2) is 41.5 Å². The maximum absolute atomic E-state index is 11.8. The van der Waals surface area contributed by atoms with Crippen LogP contribution in [0.1, 0.15) is 12.0 Å². The largest absolute Gasteiger partial charge is 0.504 e. The van der Waals surface area contributed by atoms with E-state index in [9.17, 15) is 14.7 Å². The number of aromatic hydroxyl groups is 1. The molecule has 2 amide bonds.